The van der Waals surface area contributed by atoms with Gasteiger partial charge in [-0.15, -0.1) is 0 Å². The van der Waals surface area contributed by atoms with Crippen LogP contribution in [0.2, 0.25) is 0 Å². The summed E-state index contributed by atoms with van der Waals surface area (Å²) in [4.78, 5) is 26.9. The summed E-state index contributed by atoms with van der Waals surface area (Å²) in [5.74, 6) is 0.0447. The van der Waals surface area contributed by atoms with Crippen molar-refractivity contribution in [3.63, 3.8) is 0 Å². The molecule has 1 fully saturated rings. The fourth-order valence-corrected chi connectivity index (χ4v) is 3.37. The first-order valence-corrected chi connectivity index (χ1v) is 8.53. The highest BCUT2D eigenvalue weighted by Crippen LogP contribution is 2.24. The number of rotatable bonds is 5. The van der Waals surface area contributed by atoms with Gasteiger partial charge in [-0.05, 0) is 32.8 Å². The average molecular weight is 341 g/mol. The van der Waals surface area contributed by atoms with E-state index in [1.165, 1.54) is 0 Å². The van der Waals surface area contributed by atoms with Crippen molar-refractivity contribution in [3.05, 3.63) is 52.9 Å². The van der Waals surface area contributed by atoms with Gasteiger partial charge in [0.15, 0.2) is 0 Å². The minimum atomic E-state index is -0.459. The van der Waals surface area contributed by atoms with Crippen molar-refractivity contribution in [1.29, 1.82) is 0 Å². The minimum Gasteiger partial charge on any atom is -0.361 e. The third kappa shape index (κ3) is 3.57. The molecule has 25 heavy (non-hydrogen) atoms. The summed E-state index contributed by atoms with van der Waals surface area (Å²) >= 11 is 0. The number of likely N-dealkylation sites (tertiary alicyclic amines) is 1. The van der Waals surface area contributed by atoms with Crippen molar-refractivity contribution in [1.82, 2.24) is 15.4 Å². The van der Waals surface area contributed by atoms with Crippen LogP contribution in [0.5, 0.6) is 0 Å². The third-order valence-electron chi connectivity index (χ3n) is 4.75. The van der Waals surface area contributed by atoms with Crippen molar-refractivity contribution in [2.75, 3.05) is 6.54 Å². The van der Waals surface area contributed by atoms with E-state index in [0.29, 0.717) is 31.0 Å². The average Bonchev–Trinajstić information content (AvgIpc) is 3.11. The van der Waals surface area contributed by atoms with Crippen LogP contribution in [0.15, 0.2) is 34.9 Å². The zero-order valence-electron chi connectivity index (χ0n) is 14.8. The Hall–Kier alpha value is -2.63. The van der Waals surface area contributed by atoms with Gasteiger partial charge in [0.25, 0.3) is 0 Å². The summed E-state index contributed by atoms with van der Waals surface area (Å²) in [5.41, 5.74) is 2.60. The maximum absolute atomic E-state index is 12.6. The molecule has 0 unspecified atom stereocenters. The van der Waals surface area contributed by atoms with Gasteiger partial charge in [0.2, 0.25) is 11.8 Å². The molecule has 1 N–H and O–H groups in total. The fourth-order valence-electron chi connectivity index (χ4n) is 3.37. The topological polar surface area (TPSA) is 75.4 Å². The first kappa shape index (κ1) is 17.2. The van der Waals surface area contributed by atoms with E-state index in [0.717, 1.165) is 11.1 Å². The maximum atomic E-state index is 12.6. The van der Waals surface area contributed by atoms with E-state index < -0.39 is 12.0 Å². The Kier molecular flexibility index (Phi) is 4.88. The van der Waals surface area contributed by atoms with Crippen LogP contribution in [0, 0.1) is 13.8 Å². The minimum absolute atomic E-state index is 0.0248. The largest absolute Gasteiger partial charge is 0.361 e. The summed E-state index contributed by atoms with van der Waals surface area (Å²) in [7, 11) is 0. The van der Waals surface area contributed by atoms with Crippen LogP contribution in [0.1, 0.15) is 41.8 Å². The normalized spacial score (nSPS) is 18.4. The summed E-state index contributed by atoms with van der Waals surface area (Å²) in [6, 6.07) is 9.41. The zero-order chi connectivity index (χ0) is 18.0. The number of benzene rings is 1. The Morgan fingerprint density at radius 3 is 2.72 bits per heavy atom. The Morgan fingerprint density at radius 2 is 2.08 bits per heavy atom. The molecule has 1 saturated heterocycles. The Balaban J connectivity index is 1.62. The van der Waals surface area contributed by atoms with Crippen molar-refractivity contribution in [2.45, 2.75) is 45.7 Å². The van der Waals surface area contributed by atoms with Gasteiger partial charge in [0.1, 0.15) is 11.8 Å². The summed E-state index contributed by atoms with van der Waals surface area (Å²) in [6.45, 7) is 6.65. The number of aryl methyl sites for hydroxylation is 2. The van der Waals surface area contributed by atoms with Gasteiger partial charge in [-0.25, -0.2) is 0 Å². The van der Waals surface area contributed by atoms with Crippen LogP contribution >= 0.6 is 0 Å². The molecule has 132 valence electrons. The number of carbonyl (C=O) groups is 2. The van der Waals surface area contributed by atoms with Crippen LogP contribution in [0.3, 0.4) is 0 Å². The summed E-state index contributed by atoms with van der Waals surface area (Å²) in [5, 5.41) is 6.78. The van der Waals surface area contributed by atoms with E-state index in [-0.39, 0.29) is 11.8 Å². The predicted octanol–water partition coefficient (Wildman–Crippen LogP) is 2.31. The van der Waals surface area contributed by atoms with Crippen molar-refractivity contribution >= 4 is 11.8 Å². The number of carbonyl (C=O) groups excluding carboxylic acids is 2. The first-order chi connectivity index (χ1) is 12.0. The molecule has 2 heterocycles. The molecule has 0 spiro atoms. The van der Waals surface area contributed by atoms with E-state index >= 15 is 0 Å². The lowest BCUT2D eigenvalue weighted by Gasteiger charge is -2.18. The highest BCUT2D eigenvalue weighted by Gasteiger charge is 2.34. The molecule has 1 aromatic heterocycles. The summed E-state index contributed by atoms with van der Waals surface area (Å²) < 4.78 is 5.14. The van der Waals surface area contributed by atoms with Crippen LogP contribution < -0.4 is 5.32 Å². The van der Waals surface area contributed by atoms with Crippen molar-refractivity contribution in [2.24, 2.45) is 0 Å². The Bertz CT molecular complexity index is 750. The van der Waals surface area contributed by atoms with E-state index in [4.69, 9.17) is 4.52 Å². The van der Waals surface area contributed by atoms with Gasteiger partial charge in [-0.2, -0.15) is 0 Å². The molecule has 0 saturated carbocycles. The van der Waals surface area contributed by atoms with E-state index in [1.807, 2.05) is 44.2 Å². The second-order valence-electron chi connectivity index (χ2n) is 6.55. The molecule has 1 aliphatic rings. The second kappa shape index (κ2) is 7.09. The van der Waals surface area contributed by atoms with Gasteiger partial charge in [-0.1, -0.05) is 35.5 Å². The van der Waals surface area contributed by atoms with Crippen LogP contribution in [-0.2, 0) is 16.1 Å². The molecule has 3 rings (SSSR count). The molecule has 2 atom stereocenters. The van der Waals surface area contributed by atoms with E-state index in [2.05, 4.69) is 10.5 Å². The molecule has 1 aromatic carbocycles. The molecular formula is C19H23N3O3. The maximum Gasteiger partial charge on any atom is 0.245 e. The molecule has 6 nitrogen and oxygen atoms in total. The summed E-state index contributed by atoms with van der Waals surface area (Å²) in [6.07, 6.45) is 0.631. The molecule has 2 aromatic rings. The van der Waals surface area contributed by atoms with Crippen LogP contribution in [-0.4, -0.2) is 34.5 Å². The highest BCUT2D eigenvalue weighted by atomic mass is 16.5. The predicted molar refractivity (Wildman–Crippen MR) is 92.8 cm³/mol. The van der Waals surface area contributed by atoms with Crippen LogP contribution in [0.25, 0.3) is 0 Å². The number of aromatic nitrogens is 1. The van der Waals surface area contributed by atoms with Crippen LogP contribution in [0.4, 0.5) is 0 Å². The van der Waals surface area contributed by atoms with Gasteiger partial charge >= 0.3 is 0 Å². The van der Waals surface area contributed by atoms with E-state index in [1.54, 1.807) is 11.8 Å². The monoisotopic (exact) mass is 341 g/mol. The van der Waals surface area contributed by atoms with Gasteiger partial charge in [0.05, 0.1) is 11.6 Å². The van der Waals surface area contributed by atoms with Crippen molar-refractivity contribution in [3.8, 4) is 0 Å². The number of hydrogen-bond acceptors (Lipinski definition) is 4. The van der Waals surface area contributed by atoms with Gasteiger partial charge in [-0.3, -0.25) is 9.59 Å². The lowest BCUT2D eigenvalue weighted by molar-refractivity contribution is -0.133. The lowest BCUT2D eigenvalue weighted by Crippen LogP contribution is -2.43. The molecule has 0 radical (unpaired) electrons. The molecule has 0 bridgehead atoms. The van der Waals surface area contributed by atoms with Gasteiger partial charge in [0, 0.05) is 18.7 Å². The standard InChI is InChI=1S/C19H23N3O3/c1-12(17-13(2)21-25-14(17)3)18(23)20-16-9-10-22(19(16)24)11-15-7-5-4-6-8-15/h4-8,12,16H,9-11H2,1-3H3,(H,20,23)/t12-,16+/m0/s1. The zero-order valence-corrected chi connectivity index (χ0v) is 14.8. The number of amides is 2. The van der Waals surface area contributed by atoms with E-state index in [9.17, 15) is 9.59 Å². The lowest BCUT2D eigenvalue weighted by atomic mass is 9.98. The quantitative estimate of drug-likeness (QED) is 0.905. The molecule has 2 amide bonds. The number of nitrogens with one attached hydrogen (secondary N) is 1. The third-order valence-corrected chi connectivity index (χ3v) is 4.75. The van der Waals surface area contributed by atoms with Gasteiger partial charge < -0.3 is 14.7 Å². The smallest absolute Gasteiger partial charge is 0.245 e. The number of nitrogens with zero attached hydrogens (tertiary/aromatic N) is 2. The molecular weight excluding hydrogens is 318 g/mol. The SMILES string of the molecule is Cc1noc(C)c1[C@H](C)C(=O)N[C@@H]1CCN(Cc2ccccc2)C1=O. The first-order valence-electron chi connectivity index (χ1n) is 8.53. The Morgan fingerprint density at radius 1 is 1.36 bits per heavy atom. The Labute approximate surface area is 147 Å². The molecule has 1 aliphatic heterocycles. The fraction of sp³-hybridized carbons (Fsp3) is 0.421. The van der Waals surface area contributed by atoms with Crippen molar-refractivity contribution < 1.29 is 14.1 Å². The molecule has 0 aliphatic carbocycles. The highest BCUT2D eigenvalue weighted by molar-refractivity contribution is 5.91. The molecule has 6 heteroatoms. The number of hydrogen-bond donors (Lipinski definition) is 1. The second-order valence-corrected chi connectivity index (χ2v) is 6.55.